The van der Waals surface area contributed by atoms with Crippen LogP contribution in [-0.4, -0.2) is 25.1 Å². The van der Waals surface area contributed by atoms with Crippen molar-refractivity contribution in [1.82, 2.24) is 0 Å². The summed E-state index contributed by atoms with van der Waals surface area (Å²) in [5.74, 6) is -2.71. The molecule has 0 amide bonds. The summed E-state index contributed by atoms with van der Waals surface area (Å²) in [6.45, 7) is 3.46. The molecule has 0 radical (unpaired) electrons. The second-order valence-corrected chi connectivity index (χ2v) is 8.04. The van der Waals surface area contributed by atoms with Crippen LogP contribution in [0.4, 0.5) is 8.78 Å². The fourth-order valence-electron chi connectivity index (χ4n) is 3.05. The molecular weight excluding hydrogens is 406 g/mol. The van der Waals surface area contributed by atoms with Gasteiger partial charge in [-0.1, -0.05) is 36.9 Å². The van der Waals surface area contributed by atoms with Gasteiger partial charge in [-0.25, -0.2) is 13.6 Å². The molecule has 0 saturated carbocycles. The van der Waals surface area contributed by atoms with E-state index in [2.05, 4.69) is 24.8 Å². The van der Waals surface area contributed by atoms with E-state index in [1.54, 1.807) is 11.3 Å². The van der Waals surface area contributed by atoms with E-state index in [0.717, 1.165) is 16.2 Å². The molecule has 0 aliphatic rings. The Labute approximate surface area is 178 Å². The molecule has 0 aliphatic heterocycles. The first kappa shape index (κ1) is 22.0. The number of benzene rings is 2. The van der Waals surface area contributed by atoms with Crippen LogP contribution in [-0.2, 0) is 9.53 Å². The van der Waals surface area contributed by atoms with Crippen molar-refractivity contribution >= 4 is 27.4 Å². The summed E-state index contributed by atoms with van der Waals surface area (Å²) in [5.41, 5.74) is 1.17. The lowest BCUT2D eigenvalue weighted by molar-refractivity contribution is -0.138. The number of alkyl halides is 2. The third kappa shape index (κ3) is 6.39. The van der Waals surface area contributed by atoms with Crippen LogP contribution >= 0.6 is 11.3 Å². The molecule has 0 atom stereocenters. The van der Waals surface area contributed by atoms with Crippen LogP contribution in [0, 0.1) is 0 Å². The maximum Gasteiger partial charge on any atom is 0.330 e. The van der Waals surface area contributed by atoms with Crippen molar-refractivity contribution in [2.45, 2.75) is 31.6 Å². The number of esters is 1. The molecule has 0 saturated heterocycles. The maximum absolute atomic E-state index is 13.9. The average Bonchev–Trinajstić information content (AvgIpc) is 3.18. The molecular formula is C24H24F2O3S. The van der Waals surface area contributed by atoms with Crippen molar-refractivity contribution in [2.75, 3.05) is 13.2 Å². The van der Waals surface area contributed by atoms with Crippen LogP contribution in [0.15, 0.2) is 67.3 Å². The topological polar surface area (TPSA) is 35.5 Å². The van der Waals surface area contributed by atoms with Gasteiger partial charge in [0.2, 0.25) is 5.92 Å². The Kier molecular flexibility index (Phi) is 7.57. The first-order chi connectivity index (χ1) is 14.5. The Morgan fingerprint density at radius 1 is 1.03 bits per heavy atom. The van der Waals surface area contributed by atoms with Crippen molar-refractivity contribution in [3.05, 3.63) is 67.3 Å². The predicted molar refractivity (Wildman–Crippen MR) is 117 cm³/mol. The minimum atomic E-state index is -2.80. The van der Waals surface area contributed by atoms with E-state index < -0.39 is 11.9 Å². The lowest BCUT2D eigenvalue weighted by Gasteiger charge is -2.16. The van der Waals surface area contributed by atoms with E-state index in [4.69, 9.17) is 9.47 Å². The van der Waals surface area contributed by atoms with Gasteiger partial charge in [-0.05, 0) is 48.1 Å². The number of rotatable bonds is 11. The van der Waals surface area contributed by atoms with Crippen molar-refractivity contribution in [1.29, 1.82) is 0 Å². The van der Waals surface area contributed by atoms with Crippen molar-refractivity contribution in [3.63, 3.8) is 0 Å². The highest BCUT2D eigenvalue weighted by atomic mass is 32.1. The molecule has 0 spiro atoms. The van der Waals surface area contributed by atoms with Gasteiger partial charge >= 0.3 is 5.97 Å². The number of fused-ring (bicyclic) bond motifs is 1. The number of hydrogen-bond donors (Lipinski definition) is 0. The molecule has 0 aliphatic carbocycles. The second-order valence-electron chi connectivity index (χ2n) is 6.96. The molecule has 1 heterocycles. The first-order valence-electron chi connectivity index (χ1n) is 9.86. The van der Waals surface area contributed by atoms with Gasteiger partial charge in [0, 0.05) is 28.5 Å². The van der Waals surface area contributed by atoms with Crippen LogP contribution < -0.4 is 4.74 Å². The number of carbonyl (C=O) groups excluding carboxylic acids is 1. The summed E-state index contributed by atoms with van der Waals surface area (Å²) in [6.07, 6.45) is 0.803. The molecule has 2 aromatic carbocycles. The molecule has 3 aromatic rings. The molecule has 0 bridgehead atoms. The van der Waals surface area contributed by atoms with Gasteiger partial charge in [0.05, 0.1) is 13.2 Å². The van der Waals surface area contributed by atoms with E-state index in [9.17, 15) is 13.6 Å². The monoisotopic (exact) mass is 430 g/mol. The number of ether oxygens (including phenoxy) is 2. The second kappa shape index (κ2) is 10.3. The zero-order valence-electron chi connectivity index (χ0n) is 16.6. The highest BCUT2D eigenvalue weighted by Crippen LogP contribution is 2.35. The molecule has 0 N–H and O–H groups in total. The van der Waals surface area contributed by atoms with E-state index in [-0.39, 0.29) is 38.9 Å². The summed E-state index contributed by atoms with van der Waals surface area (Å²) in [7, 11) is 0. The van der Waals surface area contributed by atoms with Gasteiger partial charge in [0.15, 0.2) is 0 Å². The number of halogens is 2. The highest BCUT2D eigenvalue weighted by molar-refractivity contribution is 7.22. The Balaban J connectivity index is 1.45. The van der Waals surface area contributed by atoms with E-state index >= 15 is 0 Å². The highest BCUT2D eigenvalue weighted by Gasteiger charge is 2.27. The standard InChI is InChI=1S/C24H24F2O3S/c1-2-23(27)29-15-7-13-24(25,26)12-6-14-28-20-11-10-19-16-21(30-22(19)17-20)18-8-4-3-5-9-18/h2-5,8-11,16-17H,1,6-7,12-15H2. The maximum atomic E-state index is 13.9. The molecule has 3 rings (SSSR count). The lowest BCUT2D eigenvalue weighted by Crippen LogP contribution is -2.18. The SMILES string of the molecule is C=CC(=O)OCCCC(F)(F)CCCOc1ccc2cc(-c3ccccc3)sc2c1. The molecule has 6 heteroatoms. The molecule has 0 fully saturated rings. The van der Waals surface area contributed by atoms with Gasteiger partial charge in [0.1, 0.15) is 5.75 Å². The van der Waals surface area contributed by atoms with Crippen molar-refractivity contribution in [2.24, 2.45) is 0 Å². The Morgan fingerprint density at radius 3 is 2.50 bits per heavy atom. The third-order valence-corrected chi connectivity index (χ3v) is 5.75. The minimum absolute atomic E-state index is 0.0251. The predicted octanol–water partition coefficient (Wildman–Crippen LogP) is 6.87. The summed E-state index contributed by atoms with van der Waals surface area (Å²) >= 11 is 1.68. The van der Waals surface area contributed by atoms with E-state index in [1.165, 1.54) is 10.4 Å². The van der Waals surface area contributed by atoms with Gasteiger partial charge in [0.25, 0.3) is 0 Å². The Morgan fingerprint density at radius 2 is 1.77 bits per heavy atom. The largest absolute Gasteiger partial charge is 0.494 e. The Bertz CT molecular complexity index is 983. The van der Waals surface area contributed by atoms with Crippen LogP contribution in [0.25, 0.3) is 20.5 Å². The fourth-order valence-corrected chi connectivity index (χ4v) is 4.15. The van der Waals surface area contributed by atoms with Crippen molar-refractivity contribution < 1.29 is 23.0 Å². The van der Waals surface area contributed by atoms with E-state index in [1.807, 2.05) is 36.4 Å². The quantitative estimate of drug-likeness (QED) is 0.189. The molecule has 1 aromatic heterocycles. The summed E-state index contributed by atoms with van der Waals surface area (Å²) < 4.78 is 39.3. The van der Waals surface area contributed by atoms with Gasteiger partial charge in [-0.3, -0.25) is 0 Å². The summed E-state index contributed by atoms with van der Waals surface area (Å²) in [4.78, 5) is 12.1. The molecule has 30 heavy (non-hydrogen) atoms. The molecule has 158 valence electrons. The molecule has 3 nitrogen and oxygen atoms in total. The number of hydrogen-bond acceptors (Lipinski definition) is 4. The van der Waals surface area contributed by atoms with Crippen LogP contribution in [0.2, 0.25) is 0 Å². The van der Waals surface area contributed by atoms with Gasteiger partial charge in [-0.2, -0.15) is 0 Å². The van der Waals surface area contributed by atoms with Gasteiger partial charge < -0.3 is 9.47 Å². The number of carbonyl (C=O) groups is 1. The zero-order valence-corrected chi connectivity index (χ0v) is 17.4. The van der Waals surface area contributed by atoms with Crippen molar-refractivity contribution in [3.8, 4) is 16.2 Å². The van der Waals surface area contributed by atoms with Crippen LogP contribution in [0.5, 0.6) is 5.75 Å². The fraction of sp³-hybridized carbons (Fsp3) is 0.292. The molecule has 0 unspecified atom stereocenters. The van der Waals surface area contributed by atoms with Crippen LogP contribution in [0.1, 0.15) is 25.7 Å². The van der Waals surface area contributed by atoms with E-state index in [0.29, 0.717) is 5.75 Å². The number of thiophene rings is 1. The first-order valence-corrected chi connectivity index (χ1v) is 10.7. The lowest BCUT2D eigenvalue weighted by atomic mass is 10.1. The Hall–Kier alpha value is -2.73. The smallest absolute Gasteiger partial charge is 0.330 e. The third-order valence-electron chi connectivity index (χ3n) is 4.60. The summed E-state index contributed by atoms with van der Waals surface area (Å²) in [6, 6.07) is 18.1. The zero-order chi connectivity index (χ0) is 21.4. The van der Waals surface area contributed by atoms with Crippen LogP contribution in [0.3, 0.4) is 0 Å². The summed E-state index contributed by atoms with van der Waals surface area (Å²) in [5, 5.41) is 1.13. The average molecular weight is 431 g/mol. The minimum Gasteiger partial charge on any atom is -0.494 e. The van der Waals surface area contributed by atoms with Gasteiger partial charge in [-0.15, -0.1) is 11.3 Å². The normalized spacial score (nSPS) is 11.4.